The Hall–Kier alpha value is 0.330. The summed E-state index contributed by atoms with van der Waals surface area (Å²) in [5.41, 5.74) is 0. The lowest BCUT2D eigenvalue weighted by Gasteiger charge is -2.29. The molecule has 0 aromatic carbocycles. The van der Waals surface area contributed by atoms with Gasteiger partial charge < -0.3 is 0 Å². The minimum atomic E-state index is 0.630. The molecule has 4 heteroatoms. The molecule has 1 aromatic heterocycles. The number of thiazole rings is 1. The van der Waals surface area contributed by atoms with E-state index in [1.165, 1.54) is 15.6 Å². The van der Waals surface area contributed by atoms with Crippen LogP contribution < -0.4 is 0 Å². The molecule has 0 saturated carbocycles. The molecule has 3 atom stereocenters. The maximum atomic E-state index is 4.48. The van der Waals surface area contributed by atoms with Gasteiger partial charge in [0.15, 0.2) is 0 Å². The van der Waals surface area contributed by atoms with Gasteiger partial charge in [0.2, 0.25) is 0 Å². The summed E-state index contributed by atoms with van der Waals surface area (Å²) in [5, 5.41) is 3.49. The highest BCUT2D eigenvalue weighted by Gasteiger charge is 2.28. The SMILES string of the molecule is Cc1cnc(C2CSC(C)C(C)S2)s1. The Morgan fingerprint density at radius 3 is 2.71 bits per heavy atom. The van der Waals surface area contributed by atoms with Gasteiger partial charge in [0.25, 0.3) is 0 Å². The molecule has 2 rings (SSSR count). The van der Waals surface area contributed by atoms with Crippen LogP contribution in [0.1, 0.15) is 29.0 Å². The lowest BCUT2D eigenvalue weighted by atomic mass is 10.4. The van der Waals surface area contributed by atoms with Crippen molar-refractivity contribution in [3.05, 3.63) is 16.1 Å². The van der Waals surface area contributed by atoms with Crippen LogP contribution in [-0.4, -0.2) is 21.2 Å². The summed E-state index contributed by atoms with van der Waals surface area (Å²) in [6.45, 7) is 6.79. The van der Waals surface area contributed by atoms with Crippen LogP contribution in [0.5, 0.6) is 0 Å². The van der Waals surface area contributed by atoms with E-state index in [4.69, 9.17) is 0 Å². The fourth-order valence-corrected chi connectivity index (χ4v) is 5.41. The molecule has 1 nitrogen and oxygen atoms in total. The van der Waals surface area contributed by atoms with E-state index in [1.807, 2.05) is 17.5 Å². The average molecular weight is 245 g/mol. The van der Waals surface area contributed by atoms with Gasteiger partial charge in [0.05, 0.1) is 5.25 Å². The summed E-state index contributed by atoms with van der Waals surface area (Å²) in [6, 6.07) is 0. The molecule has 0 spiro atoms. The standard InChI is InChI=1S/C10H15NS3/c1-6-4-11-10(13-6)9-5-12-7(2)8(3)14-9/h4,7-9H,5H2,1-3H3. The van der Waals surface area contributed by atoms with Crippen molar-refractivity contribution in [1.29, 1.82) is 0 Å². The third-order valence-electron chi connectivity index (χ3n) is 2.47. The van der Waals surface area contributed by atoms with Gasteiger partial charge >= 0.3 is 0 Å². The molecule has 1 aromatic rings. The quantitative estimate of drug-likeness (QED) is 0.748. The number of nitrogens with zero attached hydrogens (tertiary/aromatic N) is 1. The van der Waals surface area contributed by atoms with Crippen molar-refractivity contribution in [3.8, 4) is 0 Å². The smallest absolute Gasteiger partial charge is 0.107 e. The first-order valence-electron chi connectivity index (χ1n) is 4.86. The monoisotopic (exact) mass is 245 g/mol. The molecule has 3 unspecified atom stereocenters. The van der Waals surface area contributed by atoms with Gasteiger partial charge in [-0.05, 0) is 6.92 Å². The summed E-state index contributed by atoms with van der Waals surface area (Å²) >= 11 is 6.02. The van der Waals surface area contributed by atoms with E-state index in [0.717, 1.165) is 10.5 Å². The topological polar surface area (TPSA) is 12.9 Å². The van der Waals surface area contributed by atoms with E-state index < -0.39 is 0 Å². The Bertz CT molecular complexity index is 310. The molecule has 14 heavy (non-hydrogen) atoms. The van der Waals surface area contributed by atoms with Crippen molar-refractivity contribution in [2.24, 2.45) is 0 Å². The van der Waals surface area contributed by atoms with Crippen molar-refractivity contribution in [1.82, 2.24) is 4.98 Å². The fourth-order valence-electron chi connectivity index (χ4n) is 1.43. The second kappa shape index (κ2) is 4.45. The maximum Gasteiger partial charge on any atom is 0.107 e. The Kier molecular flexibility index (Phi) is 3.45. The lowest BCUT2D eigenvalue weighted by Crippen LogP contribution is -2.21. The van der Waals surface area contributed by atoms with Crippen molar-refractivity contribution >= 4 is 34.9 Å². The van der Waals surface area contributed by atoms with Gasteiger partial charge in [-0.2, -0.15) is 11.8 Å². The summed E-state index contributed by atoms with van der Waals surface area (Å²) in [7, 11) is 0. The minimum absolute atomic E-state index is 0.630. The normalized spacial score (nSPS) is 33.2. The molecule has 1 saturated heterocycles. The summed E-state index contributed by atoms with van der Waals surface area (Å²) in [4.78, 5) is 5.81. The van der Waals surface area contributed by atoms with Crippen molar-refractivity contribution in [2.45, 2.75) is 36.5 Å². The number of hydrogen-bond acceptors (Lipinski definition) is 4. The predicted molar refractivity (Wildman–Crippen MR) is 68.6 cm³/mol. The van der Waals surface area contributed by atoms with Crippen molar-refractivity contribution in [3.63, 3.8) is 0 Å². The maximum absolute atomic E-state index is 4.48. The minimum Gasteiger partial charge on any atom is -0.248 e. The van der Waals surface area contributed by atoms with E-state index in [9.17, 15) is 0 Å². The highest BCUT2D eigenvalue weighted by atomic mass is 32.2. The zero-order chi connectivity index (χ0) is 10.1. The first-order valence-corrected chi connectivity index (χ1v) is 7.67. The van der Waals surface area contributed by atoms with Gasteiger partial charge in [-0.15, -0.1) is 23.1 Å². The van der Waals surface area contributed by atoms with Crippen LogP contribution in [-0.2, 0) is 0 Å². The molecule has 0 aliphatic carbocycles. The van der Waals surface area contributed by atoms with Gasteiger partial charge in [0, 0.05) is 27.3 Å². The van der Waals surface area contributed by atoms with Crippen LogP contribution in [0, 0.1) is 6.92 Å². The van der Waals surface area contributed by atoms with Crippen LogP contribution in [0.2, 0.25) is 0 Å². The molecule has 1 fully saturated rings. The third-order valence-corrected chi connectivity index (χ3v) is 7.04. The first-order chi connectivity index (χ1) is 6.66. The van der Waals surface area contributed by atoms with Gasteiger partial charge in [-0.25, -0.2) is 4.98 Å². The van der Waals surface area contributed by atoms with Crippen LogP contribution in [0.4, 0.5) is 0 Å². The van der Waals surface area contributed by atoms with Crippen molar-refractivity contribution in [2.75, 3.05) is 5.75 Å². The fraction of sp³-hybridized carbons (Fsp3) is 0.700. The number of hydrogen-bond donors (Lipinski definition) is 0. The van der Waals surface area contributed by atoms with E-state index in [1.54, 1.807) is 0 Å². The van der Waals surface area contributed by atoms with Crippen molar-refractivity contribution < 1.29 is 0 Å². The van der Waals surface area contributed by atoms with Crippen LogP contribution in [0.3, 0.4) is 0 Å². The Labute approximate surface area is 98.1 Å². The molecule has 0 N–H and O–H groups in total. The van der Waals surface area contributed by atoms with Crippen LogP contribution in [0.25, 0.3) is 0 Å². The molecule has 2 heterocycles. The molecular formula is C10H15NS3. The van der Waals surface area contributed by atoms with E-state index >= 15 is 0 Å². The zero-order valence-electron chi connectivity index (χ0n) is 8.69. The molecule has 0 bridgehead atoms. The Morgan fingerprint density at radius 2 is 2.14 bits per heavy atom. The highest BCUT2D eigenvalue weighted by molar-refractivity contribution is 8.07. The molecule has 0 radical (unpaired) electrons. The predicted octanol–water partition coefficient (Wildman–Crippen LogP) is 3.75. The van der Waals surface area contributed by atoms with E-state index in [0.29, 0.717) is 5.25 Å². The summed E-state index contributed by atoms with van der Waals surface area (Å²) < 4.78 is 0. The zero-order valence-corrected chi connectivity index (χ0v) is 11.1. The van der Waals surface area contributed by atoms with E-state index in [-0.39, 0.29) is 0 Å². The van der Waals surface area contributed by atoms with Gasteiger partial charge in [-0.1, -0.05) is 13.8 Å². The van der Waals surface area contributed by atoms with Gasteiger partial charge in [-0.3, -0.25) is 0 Å². The Morgan fingerprint density at radius 1 is 1.36 bits per heavy atom. The first kappa shape index (κ1) is 10.8. The second-order valence-electron chi connectivity index (χ2n) is 3.68. The molecule has 78 valence electrons. The Balaban J connectivity index is 2.06. The largest absolute Gasteiger partial charge is 0.248 e. The number of aromatic nitrogens is 1. The number of aryl methyl sites for hydroxylation is 1. The van der Waals surface area contributed by atoms with Gasteiger partial charge in [0.1, 0.15) is 5.01 Å². The molecule has 0 amide bonds. The average Bonchev–Trinajstić information content (AvgIpc) is 2.57. The summed E-state index contributed by atoms with van der Waals surface area (Å²) in [6.07, 6.45) is 1.99. The summed E-state index contributed by atoms with van der Waals surface area (Å²) in [5.74, 6) is 1.23. The second-order valence-corrected chi connectivity index (χ2v) is 7.94. The van der Waals surface area contributed by atoms with Crippen LogP contribution in [0.15, 0.2) is 6.20 Å². The highest BCUT2D eigenvalue weighted by Crippen LogP contribution is 2.45. The molecule has 1 aliphatic heterocycles. The lowest BCUT2D eigenvalue weighted by molar-refractivity contribution is 0.890. The molecule has 1 aliphatic rings. The third kappa shape index (κ3) is 2.28. The van der Waals surface area contributed by atoms with E-state index in [2.05, 4.69) is 49.3 Å². The van der Waals surface area contributed by atoms with Crippen LogP contribution >= 0.6 is 34.9 Å². The number of thioether (sulfide) groups is 2. The molecular weight excluding hydrogens is 230 g/mol. The number of rotatable bonds is 1.